The Bertz CT molecular complexity index is 528. The molecule has 0 saturated heterocycles. The van der Waals surface area contributed by atoms with Crippen LogP contribution in [0, 0.1) is 11.3 Å². The van der Waals surface area contributed by atoms with Crippen molar-refractivity contribution in [3.05, 3.63) is 42.1 Å². The predicted molar refractivity (Wildman–Crippen MR) is 63.7 cm³/mol. The first-order valence-electron chi connectivity index (χ1n) is 5.20. The third kappa shape index (κ3) is 2.36. The molecule has 1 aromatic heterocycles. The average molecular weight is 211 g/mol. The van der Waals surface area contributed by atoms with Gasteiger partial charge in [0.1, 0.15) is 0 Å². The van der Waals surface area contributed by atoms with Crippen molar-refractivity contribution in [1.82, 2.24) is 9.88 Å². The Labute approximate surface area is 94.9 Å². The Hall–Kier alpha value is -1.92. The van der Waals surface area contributed by atoms with Gasteiger partial charge in [-0.3, -0.25) is 9.88 Å². The van der Waals surface area contributed by atoms with Crippen LogP contribution in [-0.4, -0.2) is 23.5 Å². The van der Waals surface area contributed by atoms with Crippen LogP contribution in [0.1, 0.15) is 5.69 Å². The average Bonchev–Trinajstić information content (AvgIpc) is 2.29. The van der Waals surface area contributed by atoms with Crippen LogP contribution in [0.25, 0.3) is 10.9 Å². The van der Waals surface area contributed by atoms with Crippen molar-refractivity contribution in [3.63, 3.8) is 0 Å². The highest BCUT2D eigenvalue weighted by molar-refractivity contribution is 5.78. The normalized spacial score (nSPS) is 10.6. The van der Waals surface area contributed by atoms with E-state index in [1.807, 2.05) is 42.3 Å². The van der Waals surface area contributed by atoms with Crippen molar-refractivity contribution in [2.75, 3.05) is 13.6 Å². The number of aromatic nitrogens is 1. The maximum absolute atomic E-state index is 8.57. The molecule has 0 atom stereocenters. The van der Waals surface area contributed by atoms with Gasteiger partial charge in [-0.05, 0) is 19.2 Å². The topological polar surface area (TPSA) is 39.9 Å². The third-order valence-corrected chi connectivity index (χ3v) is 2.43. The largest absolute Gasteiger partial charge is 0.288 e. The first-order chi connectivity index (χ1) is 7.79. The maximum atomic E-state index is 8.57. The van der Waals surface area contributed by atoms with Gasteiger partial charge in [0.2, 0.25) is 0 Å². The maximum Gasteiger partial charge on any atom is 0.0866 e. The van der Waals surface area contributed by atoms with Crippen LogP contribution in [-0.2, 0) is 6.54 Å². The molecule has 2 aromatic rings. The molecule has 80 valence electrons. The Morgan fingerprint density at radius 2 is 2.06 bits per heavy atom. The van der Waals surface area contributed by atoms with Crippen molar-refractivity contribution in [2.24, 2.45) is 0 Å². The summed E-state index contributed by atoms with van der Waals surface area (Å²) in [4.78, 5) is 6.49. The fraction of sp³-hybridized carbons (Fsp3) is 0.231. The fourth-order valence-corrected chi connectivity index (χ4v) is 1.65. The number of fused-ring (bicyclic) bond motifs is 1. The SMILES string of the molecule is CN(CC#N)Cc1ccc2ccccc2n1. The van der Waals surface area contributed by atoms with E-state index >= 15 is 0 Å². The van der Waals surface area contributed by atoms with Crippen LogP contribution in [0.4, 0.5) is 0 Å². The monoisotopic (exact) mass is 211 g/mol. The Balaban J connectivity index is 2.23. The number of pyridine rings is 1. The molecule has 0 N–H and O–H groups in total. The highest BCUT2D eigenvalue weighted by atomic mass is 15.1. The van der Waals surface area contributed by atoms with E-state index in [0.717, 1.165) is 16.6 Å². The van der Waals surface area contributed by atoms with E-state index < -0.39 is 0 Å². The van der Waals surface area contributed by atoms with E-state index in [1.165, 1.54) is 0 Å². The van der Waals surface area contributed by atoms with Crippen molar-refractivity contribution in [2.45, 2.75) is 6.54 Å². The van der Waals surface area contributed by atoms with Gasteiger partial charge in [-0.15, -0.1) is 0 Å². The lowest BCUT2D eigenvalue weighted by Gasteiger charge is -2.11. The summed E-state index contributed by atoms with van der Waals surface area (Å²) in [6.07, 6.45) is 0. The van der Waals surface area contributed by atoms with Crippen LogP contribution in [0.2, 0.25) is 0 Å². The van der Waals surface area contributed by atoms with Crippen LogP contribution in [0.15, 0.2) is 36.4 Å². The van der Waals surface area contributed by atoms with Gasteiger partial charge in [0.15, 0.2) is 0 Å². The minimum Gasteiger partial charge on any atom is -0.288 e. The highest BCUT2D eigenvalue weighted by Gasteiger charge is 2.01. The van der Waals surface area contributed by atoms with Gasteiger partial charge >= 0.3 is 0 Å². The quantitative estimate of drug-likeness (QED) is 0.731. The molecule has 3 nitrogen and oxygen atoms in total. The highest BCUT2D eigenvalue weighted by Crippen LogP contribution is 2.12. The molecular weight excluding hydrogens is 198 g/mol. The van der Waals surface area contributed by atoms with E-state index in [4.69, 9.17) is 5.26 Å². The molecule has 0 radical (unpaired) electrons. The van der Waals surface area contributed by atoms with Crippen molar-refractivity contribution >= 4 is 10.9 Å². The van der Waals surface area contributed by atoms with Crippen LogP contribution >= 0.6 is 0 Å². The van der Waals surface area contributed by atoms with Crippen LogP contribution in [0.3, 0.4) is 0 Å². The number of hydrogen-bond donors (Lipinski definition) is 0. The van der Waals surface area contributed by atoms with E-state index in [-0.39, 0.29) is 0 Å². The van der Waals surface area contributed by atoms with Crippen LogP contribution in [0.5, 0.6) is 0 Å². The number of para-hydroxylation sites is 1. The van der Waals surface area contributed by atoms with Crippen molar-refractivity contribution in [1.29, 1.82) is 5.26 Å². The molecule has 0 saturated carbocycles. The second-order valence-electron chi connectivity index (χ2n) is 3.83. The van der Waals surface area contributed by atoms with Crippen molar-refractivity contribution in [3.8, 4) is 6.07 Å². The van der Waals surface area contributed by atoms with Gasteiger partial charge in [-0.25, -0.2) is 0 Å². The Morgan fingerprint density at radius 3 is 2.88 bits per heavy atom. The molecule has 0 aliphatic carbocycles. The molecular formula is C13H13N3. The number of nitrogens with zero attached hydrogens (tertiary/aromatic N) is 3. The minimum absolute atomic E-state index is 0.425. The van der Waals surface area contributed by atoms with Crippen LogP contribution < -0.4 is 0 Å². The molecule has 0 bridgehead atoms. The summed E-state index contributed by atoms with van der Waals surface area (Å²) in [5.41, 5.74) is 2.00. The van der Waals surface area contributed by atoms with Gasteiger partial charge in [0.25, 0.3) is 0 Å². The number of hydrogen-bond acceptors (Lipinski definition) is 3. The first-order valence-corrected chi connectivity index (χ1v) is 5.20. The summed E-state index contributed by atoms with van der Waals surface area (Å²) in [5.74, 6) is 0. The zero-order valence-corrected chi connectivity index (χ0v) is 9.22. The predicted octanol–water partition coefficient (Wildman–Crippen LogP) is 2.19. The summed E-state index contributed by atoms with van der Waals surface area (Å²) in [6.45, 7) is 1.13. The summed E-state index contributed by atoms with van der Waals surface area (Å²) < 4.78 is 0. The fourth-order valence-electron chi connectivity index (χ4n) is 1.65. The van der Waals surface area contributed by atoms with Gasteiger partial charge < -0.3 is 0 Å². The second kappa shape index (κ2) is 4.73. The molecule has 0 aliphatic heterocycles. The van der Waals surface area contributed by atoms with E-state index in [0.29, 0.717) is 13.1 Å². The summed E-state index contributed by atoms with van der Waals surface area (Å²) in [5, 5.41) is 9.72. The zero-order chi connectivity index (χ0) is 11.4. The first kappa shape index (κ1) is 10.6. The summed E-state index contributed by atoms with van der Waals surface area (Å²) in [6, 6.07) is 14.2. The molecule has 0 aliphatic rings. The Morgan fingerprint density at radius 1 is 1.25 bits per heavy atom. The molecule has 0 fully saturated rings. The molecule has 2 rings (SSSR count). The number of benzene rings is 1. The van der Waals surface area contributed by atoms with Gasteiger partial charge in [-0.2, -0.15) is 5.26 Å². The van der Waals surface area contributed by atoms with E-state index in [2.05, 4.69) is 17.1 Å². The van der Waals surface area contributed by atoms with Gasteiger partial charge in [-0.1, -0.05) is 24.3 Å². The lowest BCUT2D eigenvalue weighted by molar-refractivity contribution is 0.363. The third-order valence-electron chi connectivity index (χ3n) is 2.43. The summed E-state index contributed by atoms with van der Waals surface area (Å²) >= 11 is 0. The summed E-state index contributed by atoms with van der Waals surface area (Å²) in [7, 11) is 1.92. The zero-order valence-electron chi connectivity index (χ0n) is 9.22. The lowest BCUT2D eigenvalue weighted by atomic mass is 10.2. The number of nitriles is 1. The molecule has 0 spiro atoms. The van der Waals surface area contributed by atoms with E-state index in [1.54, 1.807) is 0 Å². The van der Waals surface area contributed by atoms with Gasteiger partial charge in [0, 0.05) is 11.9 Å². The minimum atomic E-state index is 0.425. The second-order valence-corrected chi connectivity index (χ2v) is 3.83. The van der Waals surface area contributed by atoms with Gasteiger partial charge in [0.05, 0.1) is 23.8 Å². The number of rotatable bonds is 3. The molecule has 0 amide bonds. The lowest BCUT2D eigenvalue weighted by Crippen LogP contribution is -2.18. The van der Waals surface area contributed by atoms with E-state index in [9.17, 15) is 0 Å². The molecule has 1 aromatic carbocycles. The standard InChI is InChI=1S/C13H13N3/c1-16(9-8-14)10-12-7-6-11-4-2-3-5-13(11)15-12/h2-7H,9-10H2,1H3. The molecule has 3 heteroatoms. The molecule has 16 heavy (non-hydrogen) atoms. The molecule has 0 unspecified atom stereocenters. The Kier molecular flexibility index (Phi) is 3.13. The smallest absolute Gasteiger partial charge is 0.0866 e. The van der Waals surface area contributed by atoms with Crippen molar-refractivity contribution < 1.29 is 0 Å². The molecule has 1 heterocycles.